The van der Waals surface area contributed by atoms with E-state index in [0.717, 1.165) is 19.3 Å². The Morgan fingerprint density at radius 1 is 1.35 bits per heavy atom. The normalized spacial score (nSPS) is 15.9. The number of aryl methyl sites for hydroxylation is 1. The highest BCUT2D eigenvalue weighted by atomic mass is 16.6. The lowest BCUT2D eigenvalue weighted by molar-refractivity contribution is 0.102. The van der Waals surface area contributed by atoms with Crippen molar-refractivity contribution in [1.29, 1.82) is 0 Å². The van der Waals surface area contributed by atoms with Gasteiger partial charge in [0.05, 0.1) is 6.20 Å². The minimum atomic E-state index is -0.180. The van der Waals surface area contributed by atoms with Crippen LogP contribution < -0.4 is 16.2 Å². The third-order valence-electron chi connectivity index (χ3n) is 5.96. The van der Waals surface area contributed by atoms with Gasteiger partial charge in [0, 0.05) is 6.54 Å². The van der Waals surface area contributed by atoms with Crippen molar-refractivity contribution in [3.8, 4) is 17.3 Å². The Morgan fingerprint density at radius 2 is 2.13 bits per heavy atom. The number of anilines is 1. The maximum atomic E-state index is 10.1. The Kier molecular flexibility index (Phi) is 6.08. The van der Waals surface area contributed by atoms with E-state index in [9.17, 15) is 5.11 Å². The first-order chi connectivity index (χ1) is 15.0. The number of pyridine rings is 1. The number of nitrogen functional groups attached to an aromatic ring is 1. The van der Waals surface area contributed by atoms with Crippen LogP contribution in [0.4, 0.5) is 5.82 Å². The van der Waals surface area contributed by atoms with Crippen LogP contribution in [0.15, 0.2) is 17.4 Å². The Labute approximate surface area is 180 Å². The van der Waals surface area contributed by atoms with Gasteiger partial charge < -0.3 is 25.9 Å². The number of ether oxygens (including phenoxy) is 1. The van der Waals surface area contributed by atoms with Crippen molar-refractivity contribution in [3.63, 3.8) is 0 Å². The second-order valence-corrected chi connectivity index (χ2v) is 7.92. The summed E-state index contributed by atoms with van der Waals surface area (Å²) in [5, 5.41) is 17.7. The predicted molar refractivity (Wildman–Crippen MR) is 117 cm³/mol. The van der Waals surface area contributed by atoms with Crippen molar-refractivity contribution in [2.24, 2.45) is 11.7 Å². The number of fused-ring (bicyclic) bond motifs is 1. The van der Waals surface area contributed by atoms with Gasteiger partial charge in [0.2, 0.25) is 0 Å². The number of hydrogen-bond donors (Lipinski definition) is 3. The van der Waals surface area contributed by atoms with Crippen LogP contribution in [-0.2, 0) is 6.54 Å². The number of nitrogens with zero attached hydrogens (tertiary/aromatic N) is 5. The molecule has 0 saturated heterocycles. The highest BCUT2D eigenvalue weighted by molar-refractivity contribution is 5.92. The van der Waals surface area contributed by atoms with Crippen molar-refractivity contribution >= 4 is 22.6 Å². The van der Waals surface area contributed by atoms with Gasteiger partial charge in [-0.25, -0.2) is 14.6 Å². The summed E-state index contributed by atoms with van der Waals surface area (Å²) >= 11 is 0. The maximum absolute atomic E-state index is 10.1. The quantitative estimate of drug-likeness (QED) is 0.460. The standard InChI is InChI=1S/C21H29N7O3/c1-3-28-19-15(30-14(9-10-22)13-7-5-4-6-8-13)11-24-16(12(2)29)17(19)25-21(28)18-20(23)27-31-26-18/h11,13-14,29H,2-10,22H2,1H3,(H2,23,27). The molecule has 10 nitrogen and oxygen atoms in total. The molecule has 0 spiro atoms. The number of hydrogen-bond acceptors (Lipinski definition) is 9. The van der Waals surface area contributed by atoms with Crippen LogP contribution in [-0.4, -0.2) is 42.6 Å². The van der Waals surface area contributed by atoms with Crippen LogP contribution in [0.5, 0.6) is 5.75 Å². The average molecular weight is 428 g/mol. The average Bonchev–Trinajstić information content (AvgIpc) is 3.37. The first-order valence-electron chi connectivity index (χ1n) is 10.8. The zero-order chi connectivity index (χ0) is 22.0. The summed E-state index contributed by atoms with van der Waals surface area (Å²) in [6.07, 6.45) is 8.31. The predicted octanol–water partition coefficient (Wildman–Crippen LogP) is 3.29. The monoisotopic (exact) mass is 427 g/mol. The summed E-state index contributed by atoms with van der Waals surface area (Å²) in [5.74, 6) is 1.45. The summed E-state index contributed by atoms with van der Waals surface area (Å²) in [4.78, 5) is 9.05. The number of aromatic nitrogens is 5. The molecule has 1 aliphatic rings. The van der Waals surface area contributed by atoms with Gasteiger partial charge in [-0.1, -0.05) is 25.8 Å². The topological polar surface area (TPSA) is 151 Å². The number of rotatable bonds is 8. The Hall–Kier alpha value is -3.14. The fraction of sp³-hybridized carbons (Fsp3) is 0.524. The Bertz CT molecular complexity index is 1070. The third kappa shape index (κ3) is 3.95. The van der Waals surface area contributed by atoms with E-state index in [2.05, 4.69) is 26.9 Å². The molecule has 166 valence electrons. The van der Waals surface area contributed by atoms with Gasteiger partial charge in [-0.2, -0.15) is 0 Å². The highest BCUT2D eigenvalue weighted by Gasteiger charge is 2.28. The molecule has 0 aliphatic heterocycles. The number of aliphatic hydroxyl groups excluding tert-OH is 1. The van der Waals surface area contributed by atoms with Gasteiger partial charge in [0.1, 0.15) is 28.6 Å². The van der Waals surface area contributed by atoms with Gasteiger partial charge >= 0.3 is 0 Å². The molecule has 0 radical (unpaired) electrons. The van der Waals surface area contributed by atoms with Crippen LogP contribution in [0.1, 0.15) is 51.1 Å². The second kappa shape index (κ2) is 8.93. The van der Waals surface area contributed by atoms with Crippen LogP contribution >= 0.6 is 0 Å². The molecule has 0 aromatic carbocycles. The van der Waals surface area contributed by atoms with Crippen molar-refractivity contribution in [2.45, 2.75) is 58.1 Å². The molecule has 4 rings (SSSR count). The van der Waals surface area contributed by atoms with E-state index >= 15 is 0 Å². The van der Waals surface area contributed by atoms with Crippen molar-refractivity contribution < 1.29 is 14.5 Å². The Morgan fingerprint density at radius 3 is 2.74 bits per heavy atom. The number of nitrogens with two attached hydrogens (primary N) is 2. The molecule has 0 amide bonds. The molecule has 0 bridgehead atoms. The molecule has 1 unspecified atom stereocenters. The molecule has 5 N–H and O–H groups in total. The number of imidazole rings is 1. The van der Waals surface area contributed by atoms with Gasteiger partial charge in [0.25, 0.3) is 0 Å². The van der Waals surface area contributed by atoms with E-state index in [0.29, 0.717) is 47.3 Å². The molecular formula is C21H29N7O3. The van der Waals surface area contributed by atoms with Crippen molar-refractivity contribution in [1.82, 2.24) is 24.8 Å². The molecular weight excluding hydrogens is 398 g/mol. The van der Waals surface area contributed by atoms with E-state index in [1.54, 1.807) is 6.20 Å². The largest absolute Gasteiger partial charge is 0.506 e. The third-order valence-corrected chi connectivity index (χ3v) is 5.96. The van der Waals surface area contributed by atoms with Gasteiger partial charge in [-0.05, 0) is 49.0 Å². The zero-order valence-electron chi connectivity index (χ0n) is 17.8. The molecule has 1 aliphatic carbocycles. The maximum Gasteiger partial charge on any atom is 0.199 e. The molecule has 1 atom stereocenters. The smallest absolute Gasteiger partial charge is 0.199 e. The number of aliphatic hydroxyl groups is 1. The van der Waals surface area contributed by atoms with Crippen LogP contribution in [0.25, 0.3) is 28.3 Å². The Balaban J connectivity index is 1.85. The van der Waals surface area contributed by atoms with E-state index < -0.39 is 0 Å². The lowest BCUT2D eigenvalue weighted by atomic mass is 9.84. The molecule has 1 fully saturated rings. The van der Waals surface area contributed by atoms with Crippen LogP contribution in [0, 0.1) is 5.92 Å². The SMILES string of the molecule is C=C(O)c1ncc(OC(CCN)C2CCCCC2)c2c1nc(-c1nonc1N)n2CC. The fourth-order valence-electron chi connectivity index (χ4n) is 4.47. The molecule has 3 heterocycles. The molecule has 1 saturated carbocycles. The van der Waals surface area contributed by atoms with Crippen LogP contribution in [0.2, 0.25) is 0 Å². The van der Waals surface area contributed by atoms with E-state index in [1.807, 2.05) is 11.5 Å². The summed E-state index contributed by atoms with van der Waals surface area (Å²) in [6, 6.07) is 0. The second-order valence-electron chi connectivity index (χ2n) is 7.92. The van der Waals surface area contributed by atoms with Crippen LogP contribution in [0.3, 0.4) is 0 Å². The minimum absolute atomic E-state index is 0.0130. The summed E-state index contributed by atoms with van der Waals surface area (Å²) in [5.41, 5.74) is 13.6. The minimum Gasteiger partial charge on any atom is -0.506 e. The first-order valence-corrected chi connectivity index (χ1v) is 10.8. The highest BCUT2D eigenvalue weighted by Crippen LogP contribution is 2.37. The lowest BCUT2D eigenvalue weighted by Crippen LogP contribution is -2.31. The molecule has 10 heteroatoms. The summed E-state index contributed by atoms with van der Waals surface area (Å²) < 4.78 is 13.2. The summed E-state index contributed by atoms with van der Waals surface area (Å²) in [7, 11) is 0. The molecule has 31 heavy (non-hydrogen) atoms. The van der Waals surface area contributed by atoms with E-state index in [-0.39, 0.29) is 23.4 Å². The van der Waals surface area contributed by atoms with Crippen molar-refractivity contribution in [2.75, 3.05) is 12.3 Å². The summed E-state index contributed by atoms with van der Waals surface area (Å²) in [6.45, 7) is 6.71. The first kappa shape index (κ1) is 21.1. The molecule has 3 aromatic rings. The van der Waals surface area contributed by atoms with Gasteiger partial charge in [0.15, 0.2) is 23.1 Å². The van der Waals surface area contributed by atoms with Gasteiger partial charge in [-0.3, -0.25) is 0 Å². The zero-order valence-corrected chi connectivity index (χ0v) is 17.8. The fourth-order valence-corrected chi connectivity index (χ4v) is 4.47. The lowest BCUT2D eigenvalue weighted by Gasteiger charge is -2.30. The van der Waals surface area contributed by atoms with E-state index in [4.69, 9.17) is 20.8 Å². The van der Waals surface area contributed by atoms with E-state index in [1.165, 1.54) is 19.3 Å². The van der Waals surface area contributed by atoms with Gasteiger partial charge in [-0.15, -0.1) is 0 Å². The van der Waals surface area contributed by atoms with Crippen molar-refractivity contribution in [3.05, 3.63) is 18.5 Å². The molecule has 3 aromatic heterocycles.